The van der Waals surface area contributed by atoms with Gasteiger partial charge in [-0.25, -0.2) is 0 Å². The lowest BCUT2D eigenvalue weighted by atomic mass is 9.86. The van der Waals surface area contributed by atoms with E-state index < -0.39 is 7.26 Å². The van der Waals surface area contributed by atoms with E-state index >= 15 is 0 Å². The number of aliphatic hydroxyl groups is 1. The van der Waals surface area contributed by atoms with Gasteiger partial charge in [-0.1, -0.05) is 50.2 Å². The molecule has 1 N–H and O–H groups in total. The summed E-state index contributed by atoms with van der Waals surface area (Å²) in [6.45, 7) is 9.09. The number of rotatable bonds is 4. The van der Waals surface area contributed by atoms with Crippen LogP contribution in [0.2, 0.25) is 0 Å². The molecule has 0 spiro atoms. The zero-order valence-electron chi connectivity index (χ0n) is 13.2. The van der Waals surface area contributed by atoms with E-state index in [2.05, 4.69) is 81.8 Å². The van der Waals surface area contributed by atoms with E-state index in [-0.39, 0.29) is 36.0 Å². The molecule has 0 aliphatic rings. The molecule has 21 heavy (non-hydrogen) atoms. The Bertz CT molecular complexity index is 579. The first-order valence-corrected chi connectivity index (χ1v) is 9.68. The average Bonchev–Trinajstić information content (AvgIpc) is 2.48. The fourth-order valence-corrected chi connectivity index (χ4v) is 5.19. The molecular formula is C18H24IOP. The summed E-state index contributed by atoms with van der Waals surface area (Å²) in [6, 6.07) is 19.3. The Balaban J connectivity index is 0.00000220. The second-order valence-electron chi connectivity index (χ2n) is 6.35. The topological polar surface area (TPSA) is 20.2 Å². The smallest absolute Gasteiger partial charge is 0.102 e. The molecule has 0 heterocycles. The van der Waals surface area contributed by atoms with Crippen LogP contribution in [0.25, 0.3) is 0 Å². The fraction of sp³-hybridized carbons (Fsp3) is 0.333. The van der Waals surface area contributed by atoms with Gasteiger partial charge < -0.3 is 29.1 Å². The SMILES string of the molecule is CC(C)(CO)c1ccccc1[P+](C)(C)c1ccccc1.[I-]. The Morgan fingerprint density at radius 1 is 0.905 bits per heavy atom. The van der Waals surface area contributed by atoms with Crippen LogP contribution in [-0.4, -0.2) is 25.0 Å². The van der Waals surface area contributed by atoms with E-state index in [4.69, 9.17) is 0 Å². The van der Waals surface area contributed by atoms with Crippen molar-refractivity contribution in [3.05, 3.63) is 60.2 Å². The van der Waals surface area contributed by atoms with Crippen molar-refractivity contribution in [3.63, 3.8) is 0 Å². The van der Waals surface area contributed by atoms with Gasteiger partial charge in [0.1, 0.15) is 5.30 Å². The Kier molecular flexibility index (Phi) is 6.39. The molecule has 0 aliphatic carbocycles. The molecular weight excluding hydrogens is 390 g/mol. The zero-order chi connectivity index (χ0) is 14.8. The Morgan fingerprint density at radius 2 is 1.43 bits per heavy atom. The molecule has 2 rings (SSSR count). The Labute approximate surface area is 146 Å². The van der Waals surface area contributed by atoms with Gasteiger partial charge in [-0.15, -0.1) is 0 Å². The van der Waals surface area contributed by atoms with Crippen molar-refractivity contribution >= 4 is 17.9 Å². The molecule has 0 fully saturated rings. The molecule has 0 bridgehead atoms. The summed E-state index contributed by atoms with van der Waals surface area (Å²) in [5, 5.41) is 12.5. The van der Waals surface area contributed by atoms with Gasteiger partial charge in [0.15, 0.2) is 0 Å². The highest BCUT2D eigenvalue weighted by atomic mass is 127. The molecule has 0 saturated carbocycles. The van der Waals surface area contributed by atoms with E-state index in [1.165, 1.54) is 16.2 Å². The molecule has 0 unspecified atom stereocenters. The van der Waals surface area contributed by atoms with Crippen LogP contribution in [0.15, 0.2) is 54.6 Å². The lowest BCUT2D eigenvalue weighted by Gasteiger charge is -2.28. The van der Waals surface area contributed by atoms with Crippen LogP contribution in [-0.2, 0) is 5.41 Å². The second-order valence-corrected chi connectivity index (χ2v) is 10.3. The summed E-state index contributed by atoms with van der Waals surface area (Å²) >= 11 is 0. The van der Waals surface area contributed by atoms with Gasteiger partial charge in [-0.3, -0.25) is 0 Å². The Morgan fingerprint density at radius 3 is 2.00 bits per heavy atom. The molecule has 0 aromatic heterocycles. The maximum Gasteiger partial charge on any atom is 0.102 e. The van der Waals surface area contributed by atoms with Gasteiger partial charge in [0.05, 0.1) is 32.5 Å². The number of halogens is 1. The van der Waals surface area contributed by atoms with E-state index in [1.54, 1.807) is 0 Å². The van der Waals surface area contributed by atoms with Crippen molar-refractivity contribution in [2.45, 2.75) is 19.3 Å². The fourth-order valence-electron chi connectivity index (χ4n) is 2.56. The van der Waals surface area contributed by atoms with Crippen molar-refractivity contribution < 1.29 is 29.1 Å². The predicted molar refractivity (Wildman–Crippen MR) is 91.0 cm³/mol. The third kappa shape index (κ3) is 3.85. The minimum Gasteiger partial charge on any atom is -1.00 e. The predicted octanol–water partition coefficient (Wildman–Crippen LogP) is 0.188. The number of aliphatic hydroxyl groups excluding tert-OH is 1. The molecule has 3 heteroatoms. The lowest BCUT2D eigenvalue weighted by Crippen LogP contribution is -3.00. The van der Waals surface area contributed by atoms with Crippen LogP contribution < -0.4 is 34.6 Å². The van der Waals surface area contributed by atoms with Gasteiger partial charge in [0.2, 0.25) is 0 Å². The largest absolute Gasteiger partial charge is 1.00 e. The zero-order valence-corrected chi connectivity index (χ0v) is 16.2. The highest BCUT2D eigenvalue weighted by Crippen LogP contribution is 2.50. The quantitative estimate of drug-likeness (QED) is 0.560. The standard InChI is InChI=1S/C18H24OP.HI/c1-18(2,14-19)16-12-8-9-13-17(16)20(3,4)15-10-6-5-7-11-15;/h5-13,19H,14H2,1-4H3;1H/q+1;/p-1. The summed E-state index contributed by atoms with van der Waals surface area (Å²) in [6.07, 6.45) is 0. The molecule has 114 valence electrons. The van der Waals surface area contributed by atoms with Gasteiger partial charge in [-0.05, 0) is 18.2 Å². The lowest BCUT2D eigenvalue weighted by molar-refractivity contribution is -0.00000513. The van der Waals surface area contributed by atoms with Crippen molar-refractivity contribution in [2.24, 2.45) is 0 Å². The minimum atomic E-state index is -1.41. The number of hydrogen-bond donors (Lipinski definition) is 1. The highest BCUT2D eigenvalue weighted by molar-refractivity contribution is 7.88. The molecule has 2 aromatic carbocycles. The molecule has 0 aliphatic heterocycles. The van der Waals surface area contributed by atoms with Crippen LogP contribution in [0.1, 0.15) is 19.4 Å². The van der Waals surface area contributed by atoms with Gasteiger partial charge in [0, 0.05) is 11.0 Å². The average molecular weight is 414 g/mol. The normalized spacial score (nSPS) is 11.9. The second kappa shape index (κ2) is 7.21. The summed E-state index contributed by atoms with van der Waals surface area (Å²) in [5.41, 5.74) is 1.06. The third-order valence-corrected chi connectivity index (χ3v) is 7.22. The number of hydrogen-bond acceptors (Lipinski definition) is 1. The summed E-state index contributed by atoms with van der Waals surface area (Å²) in [4.78, 5) is 0. The summed E-state index contributed by atoms with van der Waals surface area (Å²) in [5.74, 6) is 0. The summed E-state index contributed by atoms with van der Waals surface area (Å²) < 4.78 is 0. The van der Waals surface area contributed by atoms with Crippen LogP contribution in [0.3, 0.4) is 0 Å². The summed E-state index contributed by atoms with van der Waals surface area (Å²) in [7, 11) is -1.41. The van der Waals surface area contributed by atoms with Gasteiger partial charge >= 0.3 is 0 Å². The Hall–Kier alpha value is -0.440. The van der Waals surface area contributed by atoms with Crippen molar-refractivity contribution in [2.75, 3.05) is 19.9 Å². The maximum absolute atomic E-state index is 9.72. The van der Waals surface area contributed by atoms with E-state index in [0.29, 0.717) is 0 Å². The van der Waals surface area contributed by atoms with Crippen molar-refractivity contribution in [1.29, 1.82) is 0 Å². The molecule has 0 radical (unpaired) electrons. The van der Waals surface area contributed by atoms with E-state index in [1.807, 2.05) is 0 Å². The number of benzene rings is 2. The van der Waals surface area contributed by atoms with Gasteiger partial charge in [-0.2, -0.15) is 0 Å². The van der Waals surface area contributed by atoms with Crippen LogP contribution in [0, 0.1) is 0 Å². The first-order valence-electron chi connectivity index (χ1n) is 7.00. The first kappa shape index (κ1) is 18.6. The minimum absolute atomic E-state index is 0. The maximum atomic E-state index is 9.72. The first-order chi connectivity index (χ1) is 9.39. The van der Waals surface area contributed by atoms with Crippen molar-refractivity contribution in [1.82, 2.24) is 0 Å². The molecule has 0 amide bonds. The van der Waals surface area contributed by atoms with Crippen molar-refractivity contribution in [3.8, 4) is 0 Å². The molecule has 1 nitrogen and oxygen atoms in total. The molecule has 2 aromatic rings. The van der Waals surface area contributed by atoms with Gasteiger partial charge in [0.25, 0.3) is 0 Å². The highest BCUT2D eigenvalue weighted by Gasteiger charge is 2.37. The molecule has 0 saturated heterocycles. The molecule has 0 atom stereocenters. The third-order valence-electron chi connectivity index (χ3n) is 4.03. The van der Waals surface area contributed by atoms with E-state index in [9.17, 15) is 5.11 Å². The monoisotopic (exact) mass is 414 g/mol. The van der Waals surface area contributed by atoms with E-state index in [0.717, 1.165) is 0 Å². The van der Waals surface area contributed by atoms with Crippen LogP contribution in [0.4, 0.5) is 0 Å². The van der Waals surface area contributed by atoms with Crippen LogP contribution in [0.5, 0.6) is 0 Å². The van der Waals surface area contributed by atoms with Crippen LogP contribution >= 0.6 is 7.26 Å².